The molecule has 4 aromatic rings. The molecule has 1 aromatic heterocycles. The van der Waals surface area contributed by atoms with Crippen molar-refractivity contribution in [2.45, 2.75) is 12.5 Å². The number of oxime groups is 1. The van der Waals surface area contributed by atoms with Crippen molar-refractivity contribution in [1.29, 1.82) is 0 Å². The van der Waals surface area contributed by atoms with E-state index in [4.69, 9.17) is 4.84 Å². The molecular formula is C23H18N2O4. The summed E-state index contributed by atoms with van der Waals surface area (Å²) in [5.41, 5.74) is 1.42. The Morgan fingerprint density at radius 2 is 1.72 bits per heavy atom. The summed E-state index contributed by atoms with van der Waals surface area (Å²) < 4.78 is 1.50. The Balaban J connectivity index is 1.61. The summed E-state index contributed by atoms with van der Waals surface area (Å²) in [5, 5.41) is 27.8. The highest BCUT2D eigenvalue weighted by molar-refractivity contribution is 6.07. The molecule has 1 aliphatic heterocycles. The summed E-state index contributed by atoms with van der Waals surface area (Å²) in [4.78, 5) is 18.6. The van der Waals surface area contributed by atoms with Gasteiger partial charge in [0, 0.05) is 24.4 Å². The Bertz CT molecular complexity index is 1370. The quantitative estimate of drug-likeness (QED) is 0.546. The van der Waals surface area contributed by atoms with E-state index in [1.54, 1.807) is 31.3 Å². The van der Waals surface area contributed by atoms with E-state index in [1.165, 1.54) is 4.57 Å². The number of rotatable bonds is 2. The molecule has 29 heavy (non-hydrogen) atoms. The maximum absolute atomic E-state index is 12.9. The van der Waals surface area contributed by atoms with Crippen LogP contribution in [0.4, 0.5) is 0 Å². The maximum atomic E-state index is 12.9. The van der Waals surface area contributed by atoms with Crippen molar-refractivity contribution in [2.24, 2.45) is 12.2 Å². The zero-order chi connectivity index (χ0) is 20.1. The number of para-hydroxylation sites is 1. The number of pyridine rings is 1. The standard InChI is InChI=1S/C23H18N2O4/c1-25-17-9-5-4-8-15(17)22(27)21(23(25)28)16-12-19(29-24-16)20-14-7-3-2-6-13(14)10-11-18(20)26/h2-11,19,26-27H,12H2,1H3/t19-/m0/s1. The summed E-state index contributed by atoms with van der Waals surface area (Å²) in [6, 6.07) is 18.3. The monoisotopic (exact) mass is 386 g/mol. The van der Waals surface area contributed by atoms with Crippen molar-refractivity contribution in [3.63, 3.8) is 0 Å². The third-order valence-electron chi connectivity index (χ3n) is 5.50. The van der Waals surface area contributed by atoms with Gasteiger partial charge in [0.05, 0.1) is 5.52 Å². The van der Waals surface area contributed by atoms with Gasteiger partial charge in [0.1, 0.15) is 22.8 Å². The maximum Gasteiger partial charge on any atom is 0.263 e. The predicted molar refractivity (Wildman–Crippen MR) is 111 cm³/mol. The molecule has 0 unspecified atom stereocenters. The molecule has 1 atom stereocenters. The topological polar surface area (TPSA) is 84.1 Å². The lowest BCUT2D eigenvalue weighted by molar-refractivity contribution is 0.0849. The highest BCUT2D eigenvalue weighted by Crippen LogP contribution is 2.40. The van der Waals surface area contributed by atoms with Gasteiger partial charge in [-0.3, -0.25) is 4.79 Å². The van der Waals surface area contributed by atoms with E-state index < -0.39 is 6.10 Å². The first-order valence-corrected chi connectivity index (χ1v) is 9.30. The molecule has 0 saturated heterocycles. The summed E-state index contributed by atoms with van der Waals surface area (Å²) in [6.07, 6.45) is -0.283. The third-order valence-corrected chi connectivity index (χ3v) is 5.50. The van der Waals surface area contributed by atoms with Crippen LogP contribution >= 0.6 is 0 Å². The van der Waals surface area contributed by atoms with Gasteiger partial charge in [-0.25, -0.2) is 0 Å². The number of phenolic OH excluding ortho intramolecular Hbond substituents is 1. The van der Waals surface area contributed by atoms with Crippen LogP contribution in [0.25, 0.3) is 21.7 Å². The van der Waals surface area contributed by atoms with Gasteiger partial charge in [-0.15, -0.1) is 0 Å². The molecule has 0 spiro atoms. The third kappa shape index (κ3) is 2.56. The molecule has 0 fully saturated rings. The molecule has 2 heterocycles. The highest BCUT2D eigenvalue weighted by atomic mass is 16.6. The number of hydrogen-bond donors (Lipinski definition) is 2. The number of aromatic hydroxyl groups is 2. The fourth-order valence-corrected chi connectivity index (χ4v) is 4.04. The molecule has 144 valence electrons. The van der Waals surface area contributed by atoms with Crippen LogP contribution in [-0.4, -0.2) is 20.5 Å². The Morgan fingerprint density at radius 1 is 1.00 bits per heavy atom. The van der Waals surface area contributed by atoms with E-state index in [0.29, 0.717) is 22.2 Å². The molecule has 2 N–H and O–H groups in total. The van der Waals surface area contributed by atoms with Gasteiger partial charge in [-0.1, -0.05) is 47.6 Å². The zero-order valence-electron chi connectivity index (χ0n) is 15.7. The number of aryl methyl sites for hydroxylation is 1. The number of phenols is 1. The molecule has 0 amide bonds. The molecule has 5 rings (SSSR count). The van der Waals surface area contributed by atoms with Crippen LogP contribution in [0.5, 0.6) is 11.5 Å². The van der Waals surface area contributed by atoms with Crippen LogP contribution in [0, 0.1) is 0 Å². The van der Waals surface area contributed by atoms with E-state index in [-0.39, 0.29) is 29.0 Å². The molecule has 6 nitrogen and oxygen atoms in total. The molecule has 0 radical (unpaired) electrons. The number of aromatic nitrogens is 1. The minimum atomic E-state index is -0.549. The van der Waals surface area contributed by atoms with Crippen LogP contribution in [0.1, 0.15) is 23.7 Å². The Kier molecular flexibility index (Phi) is 3.81. The normalized spacial score (nSPS) is 16.2. The minimum Gasteiger partial charge on any atom is -0.508 e. The van der Waals surface area contributed by atoms with Gasteiger partial charge in [0.2, 0.25) is 0 Å². The van der Waals surface area contributed by atoms with E-state index >= 15 is 0 Å². The van der Waals surface area contributed by atoms with Crippen molar-refractivity contribution >= 4 is 27.4 Å². The molecule has 6 heteroatoms. The van der Waals surface area contributed by atoms with Gasteiger partial charge in [0.25, 0.3) is 5.56 Å². The number of nitrogens with zero attached hydrogens (tertiary/aromatic N) is 2. The SMILES string of the molecule is Cn1c(=O)c(C2=NO[C@H](c3c(O)ccc4ccccc34)C2)c(O)c2ccccc21. The lowest BCUT2D eigenvalue weighted by Gasteiger charge is -2.14. The van der Waals surface area contributed by atoms with Crippen LogP contribution in [-0.2, 0) is 11.9 Å². The second-order valence-corrected chi connectivity index (χ2v) is 7.16. The van der Waals surface area contributed by atoms with Gasteiger partial charge in [-0.05, 0) is 29.0 Å². The Hall–Kier alpha value is -3.80. The predicted octanol–water partition coefficient (Wildman–Crippen LogP) is 3.97. The molecule has 0 aliphatic carbocycles. The average Bonchev–Trinajstić information content (AvgIpc) is 3.21. The largest absolute Gasteiger partial charge is 0.508 e. The molecule has 3 aromatic carbocycles. The van der Waals surface area contributed by atoms with E-state index in [1.807, 2.05) is 36.4 Å². The van der Waals surface area contributed by atoms with Crippen molar-refractivity contribution in [3.05, 3.63) is 82.1 Å². The van der Waals surface area contributed by atoms with Gasteiger partial charge < -0.3 is 19.6 Å². The summed E-state index contributed by atoms with van der Waals surface area (Å²) in [7, 11) is 1.66. The molecule has 0 saturated carbocycles. The van der Waals surface area contributed by atoms with Crippen LogP contribution in [0.3, 0.4) is 0 Å². The number of hydrogen-bond acceptors (Lipinski definition) is 5. The van der Waals surface area contributed by atoms with Crippen molar-refractivity contribution in [2.75, 3.05) is 0 Å². The Labute approximate surface area is 165 Å². The molecular weight excluding hydrogens is 368 g/mol. The van der Waals surface area contributed by atoms with E-state index in [2.05, 4.69) is 5.16 Å². The van der Waals surface area contributed by atoms with E-state index in [0.717, 1.165) is 10.8 Å². The lowest BCUT2D eigenvalue weighted by Crippen LogP contribution is -2.24. The lowest BCUT2D eigenvalue weighted by atomic mass is 9.94. The number of fused-ring (bicyclic) bond motifs is 2. The Morgan fingerprint density at radius 3 is 2.55 bits per heavy atom. The van der Waals surface area contributed by atoms with Crippen LogP contribution in [0.15, 0.2) is 70.6 Å². The fraction of sp³-hybridized carbons (Fsp3) is 0.130. The summed E-state index contributed by atoms with van der Waals surface area (Å²) in [6.45, 7) is 0. The summed E-state index contributed by atoms with van der Waals surface area (Å²) in [5.74, 6) is 0.00891. The summed E-state index contributed by atoms with van der Waals surface area (Å²) >= 11 is 0. The van der Waals surface area contributed by atoms with Crippen molar-refractivity contribution in [1.82, 2.24) is 4.57 Å². The molecule has 0 bridgehead atoms. The first kappa shape index (κ1) is 17.3. The van der Waals surface area contributed by atoms with Gasteiger partial charge in [-0.2, -0.15) is 0 Å². The average molecular weight is 386 g/mol. The second-order valence-electron chi connectivity index (χ2n) is 7.16. The smallest absolute Gasteiger partial charge is 0.263 e. The molecule has 1 aliphatic rings. The second kappa shape index (κ2) is 6.38. The van der Waals surface area contributed by atoms with Crippen molar-refractivity contribution in [3.8, 4) is 11.5 Å². The first-order chi connectivity index (χ1) is 14.1. The van der Waals surface area contributed by atoms with Gasteiger partial charge in [0.15, 0.2) is 6.10 Å². The van der Waals surface area contributed by atoms with Crippen LogP contribution < -0.4 is 5.56 Å². The van der Waals surface area contributed by atoms with Crippen molar-refractivity contribution < 1.29 is 15.1 Å². The first-order valence-electron chi connectivity index (χ1n) is 9.30. The fourth-order valence-electron chi connectivity index (χ4n) is 4.04. The van der Waals surface area contributed by atoms with E-state index in [9.17, 15) is 15.0 Å². The van der Waals surface area contributed by atoms with Crippen LogP contribution in [0.2, 0.25) is 0 Å². The highest BCUT2D eigenvalue weighted by Gasteiger charge is 2.31. The van der Waals surface area contributed by atoms with Gasteiger partial charge >= 0.3 is 0 Å². The number of benzene rings is 3. The minimum absolute atomic E-state index is 0.103. The zero-order valence-corrected chi connectivity index (χ0v) is 15.7.